The first-order valence-corrected chi connectivity index (χ1v) is 6.56. The fourth-order valence-corrected chi connectivity index (χ4v) is 2.25. The van der Waals surface area contributed by atoms with Crippen LogP contribution in [0.1, 0.15) is 66.7 Å². The van der Waals surface area contributed by atoms with E-state index in [2.05, 4.69) is 39.9 Å². The third kappa shape index (κ3) is 4.55. The Kier molecular flexibility index (Phi) is 4.22. The summed E-state index contributed by atoms with van der Waals surface area (Å²) in [4.78, 5) is 0. The Labute approximate surface area is 96.0 Å². The molecule has 0 aromatic heterocycles. The van der Waals surface area contributed by atoms with Crippen LogP contribution in [0, 0.1) is 10.8 Å². The van der Waals surface area contributed by atoms with Gasteiger partial charge in [-0.15, -0.1) is 0 Å². The second-order valence-electron chi connectivity index (χ2n) is 6.95. The van der Waals surface area contributed by atoms with Crippen molar-refractivity contribution < 1.29 is 0 Å². The summed E-state index contributed by atoms with van der Waals surface area (Å²) in [6.07, 6.45) is 7.12. The molecule has 0 spiro atoms. The molecule has 1 saturated carbocycles. The Morgan fingerprint density at radius 3 is 2.13 bits per heavy atom. The summed E-state index contributed by atoms with van der Waals surface area (Å²) in [5.41, 5.74) is 1.15. The summed E-state index contributed by atoms with van der Waals surface area (Å²) < 4.78 is 0. The van der Waals surface area contributed by atoms with Crippen LogP contribution in [0.2, 0.25) is 0 Å². The molecular formula is C14H29N. The van der Waals surface area contributed by atoms with Crippen molar-refractivity contribution in [3.8, 4) is 0 Å². The van der Waals surface area contributed by atoms with E-state index >= 15 is 0 Å². The van der Waals surface area contributed by atoms with Gasteiger partial charge in [-0.05, 0) is 36.5 Å². The van der Waals surface area contributed by atoms with Crippen molar-refractivity contribution in [1.82, 2.24) is 5.32 Å². The molecule has 0 heterocycles. The molecule has 1 rings (SSSR count). The highest BCUT2D eigenvalue weighted by Crippen LogP contribution is 2.46. The molecule has 0 atom stereocenters. The molecule has 0 radical (unpaired) electrons. The lowest BCUT2D eigenvalue weighted by atomic mass is 9.64. The fraction of sp³-hybridized carbons (Fsp3) is 1.00. The summed E-state index contributed by atoms with van der Waals surface area (Å²) in [5, 5.41) is 3.62. The van der Waals surface area contributed by atoms with Crippen LogP contribution in [0.3, 0.4) is 0 Å². The Morgan fingerprint density at radius 2 is 1.80 bits per heavy atom. The molecule has 1 heteroatoms. The number of nitrogens with one attached hydrogen (secondary N) is 1. The van der Waals surface area contributed by atoms with Crippen molar-refractivity contribution in [2.45, 2.75) is 72.8 Å². The predicted molar refractivity (Wildman–Crippen MR) is 68.1 cm³/mol. The highest BCUT2D eigenvalue weighted by molar-refractivity contribution is 4.90. The lowest BCUT2D eigenvalue weighted by Crippen LogP contribution is -2.42. The average Bonchev–Trinajstić information content (AvgIpc) is 1.99. The molecule has 15 heavy (non-hydrogen) atoms. The molecule has 1 N–H and O–H groups in total. The van der Waals surface area contributed by atoms with Crippen LogP contribution in [-0.2, 0) is 0 Å². The highest BCUT2D eigenvalue weighted by atomic mass is 14.9. The Hall–Kier alpha value is -0.0400. The van der Waals surface area contributed by atoms with Gasteiger partial charge in [0.1, 0.15) is 0 Å². The SMILES string of the molecule is CC(C)NCC1(CCC(C)(C)C)CCC1. The van der Waals surface area contributed by atoms with Crippen LogP contribution in [0.25, 0.3) is 0 Å². The third-order valence-corrected chi connectivity index (χ3v) is 3.70. The molecular weight excluding hydrogens is 182 g/mol. The standard InChI is InChI=1S/C14H29N/c1-12(2)15-11-14(7-6-8-14)10-9-13(3,4)5/h12,15H,6-11H2,1-5H3. The Balaban J connectivity index is 2.33. The molecule has 1 fully saturated rings. The first kappa shape index (κ1) is 13.0. The van der Waals surface area contributed by atoms with Gasteiger partial charge in [0.15, 0.2) is 0 Å². The molecule has 0 unspecified atom stereocenters. The van der Waals surface area contributed by atoms with E-state index in [1.165, 1.54) is 38.6 Å². The van der Waals surface area contributed by atoms with Crippen LogP contribution in [-0.4, -0.2) is 12.6 Å². The van der Waals surface area contributed by atoms with E-state index in [0.29, 0.717) is 16.9 Å². The molecule has 0 bridgehead atoms. The minimum atomic E-state index is 0.500. The van der Waals surface area contributed by atoms with Gasteiger partial charge in [0.25, 0.3) is 0 Å². The Bertz CT molecular complexity index is 184. The van der Waals surface area contributed by atoms with E-state index < -0.39 is 0 Å². The maximum absolute atomic E-state index is 3.62. The van der Waals surface area contributed by atoms with Gasteiger partial charge < -0.3 is 5.32 Å². The first-order valence-electron chi connectivity index (χ1n) is 6.56. The van der Waals surface area contributed by atoms with E-state index in [-0.39, 0.29) is 0 Å². The van der Waals surface area contributed by atoms with Crippen molar-refractivity contribution in [3.63, 3.8) is 0 Å². The second kappa shape index (κ2) is 4.86. The van der Waals surface area contributed by atoms with Crippen LogP contribution >= 0.6 is 0 Å². The topological polar surface area (TPSA) is 12.0 Å². The highest BCUT2D eigenvalue weighted by Gasteiger charge is 2.37. The summed E-state index contributed by atoms with van der Waals surface area (Å²) in [6.45, 7) is 12.8. The smallest absolute Gasteiger partial charge is 0.00106 e. The molecule has 0 amide bonds. The summed E-state index contributed by atoms with van der Waals surface area (Å²) in [7, 11) is 0. The first-order chi connectivity index (χ1) is 6.83. The average molecular weight is 211 g/mol. The van der Waals surface area contributed by atoms with Crippen LogP contribution < -0.4 is 5.32 Å². The molecule has 0 aromatic carbocycles. The summed E-state index contributed by atoms with van der Waals surface area (Å²) in [5.74, 6) is 0. The summed E-state index contributed by atoms with van der Waals surface area (Å²) in [6, 6.07) is 0.636. The molecule has 1 aliphatic carbocycles. The normalized spacial score (nSPS) is 20.4. The van der Waals surface area contributed by atoms with Gasteiger partial charge in [0, 0.05) is 12.6 Å². The van der Waals surface area contributed by atoms with Gasteiger partial charge in [0.2, 0.25) is 0 Å². The van der Waals surface area contributed by atoms with Crippen LogP contribution in [0.4, 0.5) is 0 Å². The van der Waals surface area contributed by atoms with Crippen molar-refractivity contribution in [1.29, 1.82) is 0 Å². The largest absolute Gasteiger partial charge is 0.314 e. The second-order valence-corrected chi connectivity index (χ2v) is 6.95. The molecule has 90 valence electrons. The predicted octanol–water partition coefficient (Wildman–Crippen LogP) is 3.98. The molecule has 1 aliphatic rings. The number of hydrogen-bond acceptors (Lipinski definition) is 1. The van der Waals surface area contributed by atoms with Crippen molar-refractivity contribution in [3.05, 3.63) is 0 Å². The lowest BCUT2D eigenvalue weighted by molar-refractivity contribution is 0.0949. The Morgan fingerprint density at radius 1 is 1.20 bits per heavy atom. The van der Waals surface area contributed by atoms with Gasteiger partial charge in [-0.2, -0.15) is 0 Å². The van der Waals surface area contributed by atoms with Gasteiger partial charge in [-0.25, -0.2) is 0 Å². The molecule has 0 saturated heterocycles. The zero-order chi connectivity index (χ0) is 11.5. The van der Waals surface area contributed by atoms with Crippen molar-refractivity contribution >= 4 is 0 Å². The van der Waals surface area contributed by atoms with E-state index in [0.717, 1.165) is 0 Å². The van der Waals surface area contributed by atoms with E-state index in [4.69, 9.17) is 0 Å². The number of rotatable bonds is 5. The molecule has 0 aliphatic heterocycles. The quantitative estimate of drug-likeness (QED) is 0.725. The maximum Gasteiger partial charge on any atom is 0.00106 e. The van der Waals surface area contributed by atoms with Crippen LogP contribution in [0.5, 0.6) is 0 Å². The van der Waals surface area contributed by atoms with Gasteiger partial charge in [-0.1, -0.05) is 41.0 Å². The number of hydrogen-bond donors (Lipinski definition) is 1. The molecule has 0 aromatic rings. The molecule has 1 nitrogen and oxygen atoms in total. The van der Waals surface area contributed by atoms with Crippen molar-refractivity contribution in [2.24, 2.45) is 10.8 Å². The lowest BCUT2D eigenvalue weighted by Gasteiger charge is -2.44. The minimum absolute atomic E-state index is 0.500. The van der Waals surface area contributed by atoms with Crippen LogP contribution in [0.15, 0.2) is 0 Å². The van der Waals surface area contributed by atoms with E-state index in [1.807, 2.05) is 0 Å². The summed E-state index contributed by atoms with van der Waals surface area (Å²) >= 11 is 0. The van der Waals surface area contributed by atoms with E-state index in [1.54, 1.807) is 0 Å². The zero-order valence-electron chi connectivity index (χ0n) is 11.3. The van der Waals surface area contributed by atoms with Gasteiger partial charge in [0.05, 0.1) is 0 Å². The zero-order valence-corrected chi connectivity index (χ0v) is 11.3. The van der Waals surface area contributed by atoms with Crippen molar-refractivity contribution in [2.75, 3.05) is 6.54 Å². The van der Waals surface area contributed by atoms with Gasteiger partial charge in [-0.3, -0.25) is 0 Å². The monoisotopic (exact) mass is 211 g/mol. The van der Waals surface area contributed by atoms with E-state index in [9.17, 15) is 0 Å². The van der Waals surface area contributed by atoms with Gasteiger partial charge >= 0.3 is 0 Å². The maximum atomic E-state index is 3.62. The minimum Gasteiger partial charge on any atom is -0.314 e. The fourth-order valence-electron chi connectivity index (χ4n) is 2.25. The third-order valence-electron chi connectivity index (χ3n) is 3.70.